The summed E-state index contributed by atoms with van der Waals surface area (Å²) in [6, 6.07) is 4.46. The number of alkyl halides is 5. The van der Waals surface area contributed by atoms with Gasteiger partial charge in [0.2, 0.25) is 0 Å². The predicted octanol–water partition coefficient (Wildman–Crippen LogP) is 3.94. The Bertz CT molecular complexity index is 749. The fourth-order valence-electron chi connectivity index (χ4n) is 4.08. The molecular weight excluding hydrogens is 384 g/mol. The van der Waals surface area contributed by atoms with E-state index in [0.717, 1.165) is 12.1 Å². The summed E-state index contributed by atoms with van der Waals surface area (Å²) < 4.78 is 37.5. The minimum atomic E-state index is -4.57. The van der Waals surface area contributed by atoms with E-state index >= 15 is 0 Å². The first-order chi connectivity index (χ1) is 11.4. The van der Waals surface area contributed by atoms with Gasteiger partial charge in [-0.1, -0.05) is 18.2 Å². The van der Waals surface area contributed by atoms with E-state index in [4.69, 9.17) is 23.2 Å². The number of carboxylic acids is 2. The van der Waals surface area contributed by atoms with Gasteiger partial charge in [0.25, 0.3) is 0 Å². The van der Waals surface area contributed by atoms with Gasteiger partial charge >= 0.3 is 18.1 Å². The number of halogens is 5. The molecule has 136 valence electrons. The monoisotopic (exact) mass is 396 g/mol. The van der Waals surface area contributed by atoms with Crippen molar-refractivity contribution in [1.82, 2.24) is 0 Å². The van der Waals surface area contributed by atoms with Gasteiger partial charge in [0.05, 0.1) is 17.4 Å². The number of rotatable bonds is 3. The van der Waals surface area contributed by atoms with Crippen LogP contribution in [0, 0.1) is 17.8 Å². The largest absolute Gasteiger partial charge is 0.481 e. The molecule has 0 spiro atoms. The zero-order chi connectivity index (χ0) is 18.8. The van der Waals surface area contributed by atoms with Crippen LogP contribution in [-0.4, -0.2) is 26.5 Å². The second kappa shape index (κ2) is 5.51. The molecule has 2 fully saturated rings. The number of hydrogen-bond donors (Lipinski definition) is 2. The highest BCUT2D eigenvalue weighted by Gasteiger charge is 2.79. The quantitative estimate of drug-likeness (QED) is 0.758. The van der Waals surface area contributed by atoms with E-state index in [-0.39, 0.29) is 18.4 Å². The van der Waals surface area contributed by atoms with Crippen LogP contribution >= 0.6 is 23.2 Å². The molecule has 2 aliphatic rings. The molecule has 4 nitrogen and oxygen atoms in total. The average Bonchev–Trinajstić information content (AvgIpc) is 3.02. The number of fused-ring (bicyclic) bond motifs is 1. The summed E-state index contributed by atoms with van der Waals surface area (Å²) in [5, 5.41) is 18.7. The first kappa shape index (κ1) is 18.3. The highest BCUT2D eigenvalue weighted by Crippen LogP contribution is 2.76. The van der Waals surface area contributed by atoms with Gasteiger partial charge in [-0.05, 0) is 24.5 Å². The summed E-state index contributed by atoms with van der Waals surface area (Å²) >= 11 is 12.6. The molecule has 0 saturated heterocycles. The summed E-state index contributed by atoms with van der Waals surface area (Å²) in [7, 11) is 0. The number of aliphatic carboxylic acids is 2. The molecule has 0 radical (unpaired) electrons. The topological polar surface area (TPSA) is 74.6 Å². The lowest BCUT2D eigenvalue weighted by Gasteiger charge is -2.31. The summed E-state index contributed by atoms with van der Waals surface area (Å²) in [5.74, 6) is -5.68. The van der Waals surface area contributed by atoms with E-state index < -0.39 is 51.2 Å². The van der Waals surface area contributed by atoms with Crippen LogP contribution in [0.2, 0.25) is 0 Å². The minimum absolute atomic E-state index is 0.102. The number of hydrogen-bond acceptors (Lipinski definition) is 2. The van der Waals surface area contributed by atoms with Gasteiger partial charge < -0.3 is 10.2 Å². The Labute approximate surface area is 150 Å². The fraction of sp³-hybridized carbons (Fsp3) is 0.500. The Balaban J connectivity index is 2.06. The van der Waals surface area contributed by atoms with Crippen LogP contribution in [0.25, 0.3) is 0 Å². The van der Waals surface area contributed by atoms with Gasteiger partial charge in [-0.15, -0.1) is 23.2 Å². The van der Waals surface area contributed by atoms with Gasteiger partial charge in [0.15, 0.2) is 0 Å². The van der Waals surface area contributed by atoms with Gasteiger partial charge in [-0.3, -0.25) is 9.59 Å². The second-order valence-electron chi connectivity index (χ2n) is 6.55. The van der Waals surface area contributed by atoms with Crippen molar-refractivity contribution in [1.29, 1.82) is 0 Å². The molecule has 9 heteroatoms. The molecule has 0 heterocycles. The molecule has 0 unspecified atom stereocenters. The first-order valence-electron chi connectivity index (χ1n) is 7.44. The van der Waals surface area contributed by atoms with E-state index in [2.05, 4.69) is 0 Å². The number of carbonyl (C=O) groups is 2. The average molecular weight is 397 g/mol. The smallest absolute Gasteiger partial charge is 0.416 e. The third kappa shape index (κ3) is 2.59. The summed E-state index contributed by atoms with van der Waals surface area (Å²) in [6.45, 7) is 0. The van der Waals surface area contributed by atoms with Crippen molar-refractivity contribution in [2.75, 3.05) is 0 Å². The minimum Gasteiger partial charge on any atom is -0.481 e. The predicted molar refractivity (Wildman–Crippen MR) is 82.5 cm³/mol. The standard InChI is InChI=1S/C16H13Cl2F3O4/c17-15(18)11-5-9(12(22)23)10(13(24)25)6-14(11,15)7-2-1-3-8(4-7)16(19,20)21/h1-4,9-11H,5-6H2,(H,22,23)(H,24,25)/t9-,10-,11+,14+/m0/s1. The number of carboxylic acid groups (broad SMARTS) is 2. The lowest BCUT2D eigenvalue weighted by molar-refractivity contribution is -0.156. The van der Waals surface area contributed by atoms with E-state index in [1.54, 1.807) is 0 Å². The Hall–Kier alpha value is -1.47. The molecular formula is C16H13Cl2F3O4. The highest BCUT2D eigenvalue weighted by molar-refractivity contribution is 6.52. The lowest BCUT2D eigenvalue weighted by atomic mass is 9.71. The molecule has 2 saturated carbocycles. The van der Waals surface area contributed by atoms with E-state index in [9.17, 15) is 33.0 Å². The molecule has 4 atom stereocenters. The molecule has 1 aromatic rings. The van der Waals surface area contributed by atoms with Crippen molar-refractivity contribution in [2.45, 2.75) is 28.8 Å². The second-order valence-corrected chi connectivity index (χ2v) is 7.94. The SMILES string of the molecule is O=C(O)[C@H]1C[C@H]2C(Cl)(Cl)[C@@]2(c2cccc(C(F)(F)F)c2)C[C@@H]1C(=O)O. The maximum atomic E-state index is 13.0. The summed E-state index contributed by atoms with van der Waals surface area (Å²) in [5.41, 5.74) is -1.90. The van der Waals surface area contributed by atoms with Gasteiger partial charge in [0, 0.05) is 11.3 Å². The van der Waals surface area contributed by atoms with Crippen molar-refractivity contribution in [2.24, 2.45) is 17.8 Å². The van der Waals surface area contributed by atoms with E-state index in [0.29, 0.717) is 0 Å². The van der Waals surface area contributed by atoms with Crippen LogP contribution in [0.5, 0.6) is 0 Å². The van der Waals surface area contributed by atoms with Crippen molar-refractivity contribution in [3.8, 4) is 0 Å². The first-order valence-corrected chi connectivity index (χ1v) is 8.19. The summed E-state index contributed by atoms with van der Waals surface area (Å²) in [6.07, 6.45) is -4.89. The van der Waals surface area contributed by atoms with E-state index in [1.807, 2.05) is 0 Å². The maximum absolute atomic E-state index is 13.0. The van der Waals surface area contributed by atoms with Gasteiger partial charge in [-0.25, -0.2) is 0 Å². The Morgan fingerprint density at radius 3 is 2.24 bits per heavy atom. The number of benzene rings is 1. The Morgan fingerprint density at radius 2 is 1.72 bits per heavy atom. The Kier molecular flexibility index (Phi) is 4.04. The zero-order valence-electron chi connectivity index (χ0n) is 12.6. The lowest BCUT2D eigenvalue weighted by Crippen LogP contribution is -2.38. The third-order valence-corrected chi connectivity index (χ3v) is 6.60. The van der Waals surface area contributed by atoms with Crippen molar-refractivity contribution in [3.63, 3.8) is 0 Å². The van der Waals surface area contributed by atoms with Gasteiger partial charge in [0.1, 0.15) is 4.33 Å². The molecule has 0 bridgehead atoms. The maximum Gasteiger partial charge on any atom is 0.416 e. The van der Waals surface area contributed by atoms with E-state index in [1.165, 1.54) is 12.1 Å². The molecule has 1 aromatic carbocycles. The van der Waals surface area contributed by atoms with Crippen molar-refractivity contribution < 1.29 is 33.0 Å². The van der Waals surface area contributed by atoms with Crippen LogP contribution in [0.15, 0.2) is 24.3 Å². The molecule has 2 N–H and O–H groups in total. The zero-order valence-corrected chi connectivity index (χ0v) is 14.1. The van der Waals surface area contributed by atoms with Crippen LogP contribution < -0.4 is 0 Å². The fourth-order valence-corrected chi connectivity index (χ4v) is 5.16. The van der Waals surface area contributed by atoms with Crippen molar-refractivity contribution in [3.05, 3.63) is 35.4 Å². The molecule has 0 amide bonds. The van der Waals surface area contributed by atoms with Crippen LogP contribution in [0.1, 0.15) is 24.0 Å². The van der Waals surface area contributed by atoms with Gasteiger partial charge in [-0.2, -0.15) is 13.2 Å². The highest BCUT2D eigenvalue weighted by atomic mass is 35.5. The molecule has 2 aliphatic carbocycles. The van der Waals surface area contributed by atoms with Crippen molar-refractivity contribution >= 4 is 35.1 Å². The van der Waals surface area contributed by atoms with Crippen LogP contribution in [0.3, 0.4) is 0 Å². The molecule has 25 heavy (non-hydrogen) atoms. The normalized spacial score (nSPS) is 33.4. The van der Waals surface area contributed by atoms with Crippen LogP contribution in [-0.2, 0) is 21.2 Å². The third-order valence-electron chi connectivity index (χ3n) is 5.40. The molecule has 0 aromatic heterocycles. The summed E-state index contributed by atoms with van der Waals surface area (Å²) in [4.78, 5) is 22.9. The molecule has 0 aliphatic heterocycles. The Morgan fingerprint density at radius 1 is 1.12 bits per heavy atom. The molecule has 3 rings (SSSR count). The van der Waals surface area contributed by atoms with Crippen LogP contribution in [0.4, 0.5) is 13.2 Å².